The van der Waals surface area contributed by atoms with Gasteiger partial charge in [-0.2, -0.15) is 0 Å². The molecule has 0 aliphatic carbocycles. The van der Waals surface area contributed by atoms with Gasteiger partial charge in [0.15, 0.2) is 0 Å². The number of anilines is 1. The molecule has 2 amide bonds. The van der Waals surface area contributed by atoms with Gasteiger partial charge in [-0.25, -0.2) is 0 Å². The molecular weight excluding hydrogens is 433 g/mol. The van der Waals surface area contributed by atoms with E-state index < -0.39 is 11.8 Å². The molecule has 0 spiro atoms. The van der Waals surface area contributed by atoms with Gasteiger partial charge in [-0.1, -0.05) is 35.3 Å². The van der Waals surface area contributed by atoms with Crippen LogP contribution in [0.15, 0.2) is 66.6 Å². The summed E-state index contributed by atoms with van der Waals surface area (Å²) in [5, 5.41) is 3.91. The molecule has 2 aromatic carbocycles. The van der Waals surface area contributed by atoms with Crippen molar-refractivity contribution in [1.82, 2.24) is 9.88 Å². The van der Waals surface area contributed by atoms with E-state index in [0.29, 0.717) is 21.3 Å². The number of carbonyl (C=O) groups is 2. The van der Waals surface area contributed by atoms with E-state index in [1.807, 2.05) is 32.0 Å². The second-order valence-electron chi connectivity index (χ2n) is 7.35. The number of hydrogen-bond acceptors (Lipinski definition) is 4. The molecule has 1 aromatic heterocycles. The van der Waals surface area contributed by atoms with E-state index in [0.717, 1.165) is 16.7 Å². The summed E-state index contributed by atoms with van der Waals surface area (Å²) in [4.78, 5) is 31.9. The number of aromatic nitrogens is 1. The predicted molar refractivity (Wildman–Crippen MR) is 123 cm³/mol. The van der Waals surface area contributed by atoms with Crippen molar-refractivity contribution in [3.05, 3.63) is 98.9 Å². The number of rotatable bonds is 5. The van der Waals surface area contributed by atoms with Gasteiger partial charge in [-0.15, -0.1) is 0 Å². The maximum Gasteiger partial charge on any atom is 0.278 e. The van der Waals surface area contributed by atoms with Crippen LogP contribution < -0.4 is 5.32 Å². The largest absolute Gasteiger partial charge is 0.350 e. The SMILES string of the molecule is Cc1ccc(NC2=C(c3ccc(Cl)cc3Cl)C(=O)N(Cc3ccncc3)C2=O)cc1C. The van der Waals surface area contributed by atoms with E-state index in [-0.39, 0.29) is 17.8 Å². The molecule has 31 heavy (non-hydrogen) atoms. The Kier molecular flexibility index (Phi) is 5.81. The van der Waals surface area contributed by atoms with Crippen LogP contribution in [0.3, 0.4) is 0 Å². The van der Waals surface area contributed by atoms with Crippen molar-refractivity contribution < 1.29 is 9.59 Å². The first-order chi connectivity index (χ1) is 14.8. The van der Waals surface area contributed by atoms with E-state index in [2.05, 4.69) is 10.3 Å². The zero-order chi connectivity index (χ0) is 22.1. The summed E-state index contributed by atoms with van der Waals surface area (Å²) in [6.45, 7) is 4.13. The molecule has 156 valence electrons. The monoisotopic (exact) mass is 451 g/mol. The molecule has 1 aliphatic heterocycles. The van der Waals surface area contributed by atoms with Crippen LogP contribution >= 0.6 is 23.2 Å². The Bertz CT molecular complexity index is 1220. The number of halogens is 2. The van der Waals surface area contributed by atoms with Crippen LogP contribution in [0.25, 0.3) is 5.57 Å². The maximum absolute atomic E-state index is 13.4. The average Bonchev–Trinajstić information content (AvgIpc) is 2.96. The maximum atomic E-state index is 13.4. The van der Waals surface area contributed by atoms with Crippen LogP contribution in [0.4, 0.5) is 5.69 Å². The van der Waals surface area contributed by atoms with Crippen LogP contribution in [0.2, 0.25) is 10.0 Å². The van der Waals surface area contributed by atoms with Gasteiger partial charge in [0.1, 0.15) is 5.70 Å². The van der Waals surface area contributed by atoms with E-state index >= 15 is 0 Å². The highest BCUT2D eigenvalue weighted by Crippen LogP contribution is 2.36. The highest BCUT2D eigenvalue weighted by Gasteiger charge is 2.40. The summed E-state index contributed by atoms with van der Waals surface area (Å²) in [5.41, 5.74) is 4.58. The van der Waals surface area contributed by atoms with Crippen molar-refractivity contribution in [3.63, 3.8) is 0 Å². The van der Waals surface area contributed by atoms with Crippen LogP contribution in [-0.2, 0) is 16.1 Å². The first kappa shape index (κ1) is 21.1. The van der Waals surface area contributed by atoms with Crippen LogP contribution in [0.1, 0.15) is 22.3 Å². The standard InChI is InChI=1S/C24H19Cl2N3O2/c1-14-3-5-18(11-15(14)2)28-22-21(19-6-4-17(25)12-20(19)26)23(30)29(24(22)31)13-16-7-9-27-10-8-16/h3-12,28H,13H2,1-2H3. The molecule has 3 aromatic rings. The number of imide groups is 1. The second kappa shape index (κ2) is 8.53. The van der Waals surface area contributed by atoms with Gasteiger partial charge in [0.05, 0.1) is 17.1 Å². The Morgan fingerprint density at radius 1 is 0.903 bits per heavy atom. The van der Waals surface area contributed by atoms with E-state index in [1.54, 1.807) is 42.7 Å². The zero-order valence-corrected chi connectivity index (χ0v) is 18.5. The fourth-order valence-electron chi connectivity index (χ4n) is 3.41. The van der Waals surface area contributed by atoms with E-state index in [9.17, 15) is 9.59 Å². The third-order valence-corrected chi connectivity index (χ3v) is 5.78. The summed E-state index contributed by atoms with van der Waals surface area (Å²) >= 11 is 12.4. The molecule has 1 aliphatic rings. The third-order valence-electron chi connectivity index (χ3n) is 5.23. The van der Waals surface area contributed by atoms with Crippen molar-refractivity contribution in [1.29, 1.82) is 0 Å². The van der Waals surface area contributed by atoms with Gasteiger partial charge >= 0.3 is 0 Å². The number of carbonyl (C=O) groups excluding carboxylic acids is 2. The van der Waals surface area contributed by atoms with E-state index in [1.165, 1.54) is 4.90 Å². The summed E-state index contributed by atoms with van der Waals surface area (Å²) < 4.78 is 0. The highest BCUT2D eigenvalue weighted by atomic mass is 35.5. The molecule has 0 radical (unpaired) electrons. The molecule has 2 heterocycles. The first-order valence-electron chi connectivity index (χ1n) is 9.64. The van der Waals surface area contributed by atoms with Crippen LogP contribution in [0, 0.1) is 13.8 Å². The number of amides is 2. The summed E-state index contributed by atoms with van der Waals surface area (Å²) in [5.74, 6) is -0.835. The Balaban J connectivity index is 1.79. The van der Waals surface area contributed by atoms with E-state index in [4.69, 9.17) is 23.2 Å². The van der Waals surface area contributed by atoms with Crippen molar-refractivity contribution in [2.75, 3.05) is 5.32 Å². The van der Waals surface area contributed by atoms with Crippen LogP contribution in [-0.4, -0.2) is 21.7 Å². The quantitative estimate of drug-likeness (QED) is 0.527. The average molecular weight is 452 g/mol. The smallest absolute Gasteiger partial charge is 0.278 e. The molecule has 7 heteroatoms. The molecule has 0 atom stereocenters. The van der Waals surface area contributed by atoms with Crippen molar-refractivity contribution in [2.24, 2.45) is 0 Å². The molecule has 0 saturated carbocycles. The lowest BCUT2D eigenvalue weighted by atomic mass is 10.0. The fourth-order valence-corrected chi connectivity index (χ4v) is 3.91. The number of benzene rings is 2. The molecule has 5 nitrogen and oxygen atoms in total. The number of hydrogen-bond donors (Lipinski definition) is 1. The van der Waals surface area contributed by atoms with Gasteiger partial charge < -0.3 is 5.32 Å². The second-order valence-corrected chi connectivity index (χ2v) is 8.19. The predicted octanol–water partition coefficient (Wildman–Crippen LogP) is 5.40. The van der Waals surface area contributed by atoms with Crippen molar-refractivity contribution >= 4 is 46.3 Å². The number of nitrogens with one attached hydrogen (secondary N) is 1. The Morgan fingerprint density at radius 3 is 2.32 bits per heavy atom. The van der Waals surface area contributed by atoms with Crippen molar-refractivity contribution in [2.45, 2.75) is 20.4 Å². The van der Waals surface area contributed by atoms with Gasteiger partial charge in [0.25, 0.3) is 11.8 Å². The Labute approximate surface area is 190 Å². The third kappa shape index (κ3) is 4.20. The lowest BCUT2D eigenvalue weighted by molar-refractivity contribution is -0.137. The molecular formula is C24H19Cl2N3O2. The van der Waals surface area contributed by atoms with Crippen molar-refractivity contribution in [3.8, 4) is 0 Å². The molecule has 0 bridgehead atoms. The minimum Gasteiger partial charge on any atom is -0.350 e. The first-order valence-corrected chi connectivity index (χ1v) is 10.4. The van der Waals surface area contributed by atoms with Gasteiger partial charge in [-0.3, -0.25) is 19.5 Å². The molecule has 4 rings (SSSR count). The zero-order valence-electron chi connectivity index (χ0n) is 16.9. The lowest BCUT2D eigenvalue weighted by Gasteiger charge is -2.15. The molecule has 0 unspecified atom stereocenters. The van der Waals surface area contributed by atoms with Gasteiger partial charge in [-0.05, 0) is 66.9 Å². The number of pyridine rings is 1. The minimum absolute atomic E-state index is 0.132. The minimum atomic E-state index is -0.419. The summed E-state index contributed by atoms with van der Waals surface area (Å²) in [6, 6.07) is 14.2. The highest BCUT2D eigenvalue weighted by molar-refractivity contribution is 6.41. The summed E-state index contributed by atoms with van der Waals surface area (Å²) in [6.07, 6.45) is 3.25. The van der Waals surface area contributed by atoms with Gasteiger partial charge in [0, 0.05) is 28.7 Å². The number of nitrogens with zero attached hydrogens (tertiary/aromatic N) is 2. The topological polar surface area (TPSA) is 62.3 Å². The Hall–Kier alpha value is -3.15. The number of aryl methyl sites for hydroxylation is 2. The normalized spacial score (nSPS) is 13.9. The molecule has 0 saturated heterocycles. The molecule has 1 N–H and O–H groups in total. The fraction of sp³-hybridized carbons (Fsp3) is 0.125. The molecule has 0 fully saturated rings. The van der Waals surface area contributed by atoms with Gasteiger partial charge in [0.2, 0.25) is 0 Å². The Morgan fingerprint density at radius 2 is 1.65 bits per heavy atom. The summed E-state index contributed by atoms with van der Waals surface area (Å²) in [7, 11) is 0. The van der Waals surface area contributed by atoms with Crippen LogP contribution in [0.5, 0.6) is 0 Å². The lowest BCUT2D eigenvalue weighted by Crippen LogP contribution is -2.32.